The molecular weight excluding hydrogens is 476 g/mol. The van der Waals surface area contributed by atoms with Crippen molar-refractivity contribution in [1.82, 2.24) is 15.3 Å². The van der Waals surface area contributed by atoms with Crippen molar-refractivity contribution in [2.45, 2.75) is 49.0 Å². The predicted molar refractivity (Wildman–Crippen MR) is 139 cm³/mol. The molecule has 3 N–H and O–H groups in total. The van der Waals surface area contributed by atoms with Crippen LogP contribution in [0.2, 0.25) is 0 Å². The van der Waals surface area contributed by atoms with Crippen LogP contribution in [-0.2, 0) is 16.0 Å². The van der Waals surface area contributed by atoms with E-state index in [1.54, 1.807) is 22.9 Å². The first-order chi connectivity index (χ1) is 17.2. The van der Waals surface area contributed by atoms with Crippen LogP contribution in [0.15, 0.2) is 47.5 Å². The number of alkyl carbamates (subject to hydrolysis) is 1. The highest BCUT2D eigenvalue weighted by Gasteiger charge is 2.42. The van der Waals surface area contributed by atoms with Crippen LogP contribution in [0.4, 0.5) is 33.6 Å². The molecule has 0 spiro atoms. The number of thioether (sulfide) groups is 1. The van der Waals surface area contributed by atoms with Gasteiger partial charge in [-0.3, -0.25) is 4.79 Å². The summed E-state index contributed by atoms with van der Waals surface area (Å²) in [6.45, 7) is 5.83. The standard InChI is InChI=1S/C26H26N6O3S/c1-13-12-27-24(29-15-6-5-14-9-19-21(17(14)10-15)30-25(34)35-19)31-22(13)28-16-7-8-20-18(11-16)32(4)23(33)26(2,3)36-20/h5-8,10-12,19,21H,9H2,1-4H3,(H,30,34)(H2,27,28,29,31)/t19?,21-/m1/s1. The number of hydrogen-bond acceptors (Lipinski definition) is 8. The third-order valence-electron chi connectivity index (χ3n) is 6.80. The van der Waals surface area contributed by atoms with Gasteiger partial charge in [0.25, 0.3) is 0 Å². The number of carbonyl (C=O) groups is 2. The molecule has 0 bridgehead atoms. The molecule has 2 aliphatic heterocycles. The minimum Gasteiger partial charge on any atom is -0.443 e. The quantitative estimate of drug-likeness (QED) is 0.466. The molecule has 3 aliphatic rings. The van der Waals surface area contributed by atoms with Gasteiger partial charge in [0, 0.05) is 41.5 Å². The Kier molecular flexibility index (Phi) is 5.11. The van der Waals surface area contributed by atoms with Gasteiger partial charge < -0.3 is 25.6 Å². The topological polar surface area (TPSA) is 108 Å². The van der Waals surface area contributed by atoms with Gasteiger partial charge in [0.15, 0.2) is 0 Å². The molecule has 1 unspecified atom stereocenters. The van der Waals surface area contributed by atoms with E-state index < -0.39 is 4.75 Å². The molecule has 10 heteroatoms. The van der Waals surface area contributed by atoms with Crippen LogP contribution < -0.4 is 20.9 Å². The Balaban J connectivity index is 1.23. The van der Waals surface area contributed by atoms with Gasteiger partial charge in [-0.2, -0.15) is 4.98 Å². The van der Waals surface area contributed by atoms with E-state index >= 15 is 0 Å². The van der Waals surface area contributed by atoms with Crippen molar-refractivity contribution in [2.24, 2.45) is 0 Å². The first kappa shape index (κ1) is 22.7. The molecule has 2 atom stereocenters. The van der Waals surface area contributed by atoms with Crippen LogP contribution in [0.5, 0.6) is 0 Å². The summed E-state index contributed by atoms with van der Waals surface area (Å²) in [5.74, 6) is 1.20. The maximum Gasteiger partial charge on any atom is 0.408 e. The highest BCUT2D eigenvalue weighted by molar-refractivity contribution is 8.01. The number of aromatic nitrogens is 2. The van der Waals surface area contributed by atoms with Gasteiger partial charge in [0.2, 0.25) is 11.9 Å². The van der Waals surface area contributed by atoms with Crippen molar-refractivity contribution < 1.29 is 14.3 Å². The summed E-state index contributed by atoms with van der Waals surface area (Å²) in [6, 6.07) is 11.9. The van der Waals surface area contributed by atoms with Gasteiger partial charge in [-0.1, -0.05) is 6.07 Å². The SMILES string of the molecule is Cc1cnc(Nc2ccc3c(c2)[C@H]2NC(=O)OC2C3)nc1Nc1ccc2c(c1)N(C)C(=O)C(C)(C)S2. The van der Waals surface area contributed by atoms with Crippen LogP contribution in [-0.4, -0.2) is 39.9 Å². The minimum absolute atomic E-state index is 0.0752. The molecule has 36 heavy (non-hydrogen) atoms. The summed E-state index contributed by atoms with van der Waals surface area (Å²) in [6.07, 6.45) is 1.96. The van der Waals surface area contributed by atoms with Crippen molar-refractivity contribution in [2.75, 3.05) is 22.6 Å². The van der Waals surface area contributed by atoms with E-state index in [1.165, 1.54) is 5.56 Å². The first-order valence-corrected chi connectivity index (χ1v) is 12.6. The molecule has 184 valence electrons. The molecule has 1 aromatic heterocycles. The predicted octanol–water partition coefficient (Wildman–Crippen LogP) is 4.82. The third-order valence-corrected chi connectivity index (χ3v) is 8.05. The smallest absolute Gasteiger partial charge is 0.408 e. The molecule has 2 aromatic carbocycles. The lowest BCUT2D eigenvalue weighted by Gasteiger charge is -2.36. The molecular formula is C26H26N6O3S. The number of benzene rings is 2. The Bertz CT molecular complexity index is 1420. The fourth-order valence-electron chi connectivity index (χ4n) is 4.93. The van der Waals surface area contributed by atoms with Gasteiger partial charge in [0.05, 0.1) is 16.5 Å². The van der Waals surface area contributed by atoms with E-state index in [4.69, 9.17) is 9.72 Å². The fraction of sp³-hybridized carbons (Fsp3) is 0.308. The molecule has 2 amide bonds. The molecule has 3 heterocycles. The number of fused-ring (bicyclic) bond motifs is 4. The average molecular weight is 503 g/mol. The molecule has 1 fully saturated rings. The monoisotopic (exact) mass is 502 g/mol. The summed E-state index contributed by atoms with van der Waals surface area (Å²) in [5.41, 5.74) is 5.65. The lowest BCUT2D eigenvalue weighted by molar-refractivity contribution is -0.120. The van der Waals surface area contributed by atoms with Crippen molar-refractivity contribution in [3.63, 3.8) is 0 Å². The summed E-state index contributed by atoms with van der Waals surface area (Å²) >= 11 is 1.58. The molecule has 0 saturated carbocycles. The van der Waals surface area contributed by atoms with E-state index in [1.807, 2.05) is 64.2 Å². The number of aryl methyl sites for hydroxylation is 1. The third kappa shape index (κ3) is 3.81. The van der Waals surface area contributed by atoms with Crippen molar-refractivity contribution in [3.8, 4) is 0 Å². The number of rotatable bonds is 4. The van der Waals surface area contributed by atoms with E-state index in [9.17, 15) is 9.59 Å². The summed E-state index contributed by atoms with van der Waals surface area (Å²) in [4.78, 5) is 36.3. The average Bonchev–Trinajstić information content (AvgIpc) is 3.36. The summed E-state index contributed by atoms with van der Waals surface area (Å²) in [5, 5.41) is 9.54. The first-order valence-electron chi connectivity index (χ1n) is 11.8. The molecule has 3 aromatic rings. The number of nitrogens with one attached hydrogen (secondary N) is 3. The van der Waals surface area contributed by atoms with E-state index in [-0.39, 0.29) is 24.1 Å². The number of ether oxygens (including phenoxy) is 1. The number of nitrogens with zero attached hydrogens (tertiary/aromatic N) is 3. The molecule has 1 aliphatic carbocycles. The second-order valence-corrected chi connectivity index (χ2v) is 11.5. The van der Waals surface area contributed by atoms with E-state index in [0.717, 1.165) is 33.1 Å². The second-order valence-electron chi connectivity index (χ2n) is 9.82. The van der Waals surface area contributed by atoms with Gasteiger partial charge in [0.1, 0.15) is 11.9 Å². The highest BCUT2D eigenvalue weighted by atomic mass is 32.2. The van der Waals surface area contributed by atoms with Crippen molar-refractivity contribution in [3.05, 3.63) is 59.3 Å². The van der Waals surface area contributed by atoms with Crippen LogP contribution in [0.3, 0.4) is 0 Å². The number of hydrogen-bond donors (Lipinski definition) is 3. The largest absolute Gasteiger partial charge is 0.443 e. The summed E-state index contributed by atoms with van der Waals surface area (Å²) in [7, 11) is 1.81. The van der Waals surface area contributed by atoms with Crippen molar-refractivity contribution in [1.29, 1.82) is 0 Å². The molecule has 0 radical (unpaired) electrons. The maximum atomic E-state index is 12.7. The van der Waals surface area contributed by atoms with Gasteiger partial charge in [-0.05, 0) is 62.2 Å². The Morgan fingerprint density at radius 3 is 2.75 bits per heavy atom. The minimum atomic E-state index is -0.491. The molecule has 6 rings (SSSR count). The lowest BCUT2D eigenvalue weighted by atomic mass is 10.1. The van der Waals surface area contributed by atoms with E-state index in [0.29, 0.717) is 18.2 Å². The maximum absolute atomic E-state index is 12.7. The molecule has 9 nitrogen and oxygen atoms in total. The van der Waals surface area contributed by atoms with Crippen LogP contribution >= 0.6 is 11.8 Å². The second kappa shape index (κ2) is 8.12. The number of amides is 2. The Hall–Kier alpha value is -3.79. The summed E-state index contributed by atoms with van der Waals surface area (Å²) < 4.78 is 4.85. The fourth-order valence-corrected chi connectivity index (χ4v) is 6.14. The normalized spacial score (nSPS) is 21.3. The van der Waals surface area contributed by atoms with Gasteiger partial charge >= 0.3 is 6.09 Å². The van der Waals surface area contributed by atoms with Crippen LogP contribution in [0, 0.1) is 6.92 Å². The van der Waals surface area contributed by atoms with Crippen molar-refractivity contribution >= 4 is 52.6 Å². The van der Waals surface area contributed by atoms with Crippen LogP contribution in [0.1, 0.15) is 36.6 Å². The van der Waals surface area contributed by atoms with E-state index in [2.05, 4.69) is 20.9 Å². The van der Waals surface area contributed by atoms with Gasteiger partial charge in [-0.25, -0.2) is 9.78 Å². The Morgan fingerprint density at radius 2 is 1.92 bits per heavy atom. The molecule has 1 saturated heterocycles. The zero-order valence-electron chi connectivity index (χ0n) is 20.4. The highest BCUT2D eigenvalue weighted by Crippen LogP contribution is 2.45. The zero-order valence-corrected chi connectivity index (χ0v) is 21.2. The number of carbonyl (C=O) groups excluding carboxylic acids is 2. The van der Waals surface area contributed by atoms with Gasteiger partial charge in [-0.15, -0.1) is 11.8 Å². The Morgan fingerprint density at radius 1 is 1.14 bits per heavy atom. The lowest BCUT2D eigenvalue weighted by Crippen LogP contribution is -2.44. The van der Waals surface area contributed by atoms with Crippen LogP contribution in [0.25, 0.3) is 0 Å². The zero-order chi connectivity index (χ0) is 25.2. The Labute approximate surface area is 213 Å². The number of anilines is 5.